The number of carbonyl (C=O) groups excluding carboxylic acids is 1. The summed E-state index contributed by atoms with van der Waals surface area (Å²) in [6.45, 7) is 2.67. The molecule has 1 heterocycles. The number of rotatable bonds is 7. The highest BCUT2D eigenvalue weighted by Crippen LogP contribution is 2.29. The van der Waals surface area contributed by atoms with Gasteiger partial charge in [-0.2, -0.15) is 5.10 Å². The van der Waals surface area contributed by atoms with E-state index in [4.69, 9.17) is 5.11 Å². The lowest BCUT2D eigenvalue weighted by atomic mass is 9.83. The van der Waals surface area contributed by atoms with Gasteiger partial charge in [-0.1, -0.05) is 26.2 Å². The third-order valence-corrected chi connectivity index (χ3v) is 4.16. The standard InChI is InChI=1S/C15H26N4O2/c1-2-12-5-3-4-6-14(12)18-13-9-17-19(10-13)11-15(21)16-7-8-20/h9-10,12,14,18,20H,2-8,11H2,1H3,(H,16,21). The lowest BCUT2D eigenvalue weighted by Crippen LogP contribution is -2.31. The molecule has 0 bridgehead atoms. The first kappa shape index (κ1) is 15.8. The average molecular weight is 294 g/mol. The van der Waals surface area contributed by atoms with Crippen molar-refractivity contribution in [3.05, 3.63) is 12.4 Å². The molecule has 6 heteroatoms. The fraction of sp³-hybridized carbons (Fsp3) is 0.733. The lowest BCUT2D eigenvalue weighted by molar-refractivity contribution is -0.122. The predicted octanol–water partition coefficient (Wildman–Crippen LogP) is 1.37. The van der Waals surface area contributed by atoms with Crippen molar-refractivity contribution in [2.24, 2.45) is 5.92 Å². The van der Waals surface area contributed by atoms with Gasteiger partial charge in [0.25, 0.3) is 0 Å². The summed E-state index contributed by atoms with van der Waals surface area (Å²) in [5.74, 6) is 0.595. The molecule has 0 aliphatic heterocycles. The van der Waals surface area contributed by atoms with Crippen molar-refractivity contribution in [1.82, 2.24) is 15.1 Å². The molecule has 6 nitrogen and oxygen atoms in total. The summed E-state index contributed by atoms with van der Waals surface area (Å²) in [7, 11) is 0. The number of carbonyl (C=O) groups is 1. The Hall–Kier alpha value is -1.56. The Labute approximate surface area is 125 Å². The van der Waals surface area contributed by atoms with E-state index in [2.05, 4.69) is 22.7 Å². The maximum atomic E-state index is 11.6. The highest BCUT2D eigenvalue weighted by atomic mass is 16.3. The SMILES string of the molecule is CCC1CCCCC1Nc1cnn(CC(=O)NCCO)c1. The van der Waals surface area contributed by atoms with Gasteiger partial charge < -0.3 is 15.7 Å². The van der Waals surface area contributed by atoms with Crippen LogP contribution in [0.3, 0.4) is 0 Å². The monoisotopic (exact) mass is 294 g/mol. The quantitative estimate of drug-likeness (QED) is 0.709. The number of aliphatic hydroxyl groups excluding tert-OH is 1. The first-order valence-corrected chi connectivity index (χ1v) is 7.89. The lowest BCUT2D eigenvalue weighted by Gasteiger charge is -2.31. The Bertz CT molecular complexity index is 447. The van der Waals surface area contributed by atoms with Gasteiger partial charge in [0.2, 0.25) is 5.91 Å². The molecule has 1 fully saturated rings. The van der Waals surface area contributed by atoms with E-state index in [1.165, 1.54) is 32.1 Å². The van der Waals surface area contributed by atoms with Crippen molar-refractivity contribution in [3.63, 3.8) is 0 Å². The fourth-order valence-corrected chi connectivity index (χ4v) is 3.02. The van der Waals surface area contributed by atoms with Gasteiger partial charge in [-0.25, -0.2) is 0 Å². The Balaban J connectivity index is 1.86. The van der Waals surface area contributed by atoms with E-state index in [-0.39, 0.29) is 25.6 Å². The van der Waals surface area contributed by atoms with Gasteiger partial charge in [0.15, 0.2) is 0 Å². The first-order chi connectivity index (χ1) is 10.2. The molecule has 1 aliphatic rings. The molecule has 1 aliphatic carbocycles. The summed E-state index contributed by atoms with van der Waals surface area (Å²) < 4.78 is 1.62. The summed E-state index contributed by atoms with van der Waals surface area (Å²) >= 11 is 0. The molecule has 1 aromatic rings. The molecular formula is C15H26N4O2. The molecule has 0 spiro atoms. The number of hydrogen-bond acceptors (Lipinski definition) is 4. The molecule has 1 aromatic heterocycles. The second kappa shape index (κ2) is 8.02. The number of anilines is 1. The van der Waals surface area contributed by atoms with Crippen molar-refractivity contribution in [2.75, 3.05) is 18.5 Å². The van der Waals surface area contributed by atoms with Gasteiger partial charge in [0.05, 0.1) is 18.5 Å². The van der Waals surface area contributed by atoms with Crippen LogP contribution in [-0.4, -0.2) is 40.0 Å². The van der Waals surface area contributed by atoms with Gasteiger partial charge in [-0.3, -0.25) is 9.48 Å². The maximum absolute atomic E-state index is 11.6. The molecule has 0 radical (unpaired) electrons. The molecule has 21 heavy (non-hydrogen) atoms. The number of aromatic nitrogens is 2. The predicted molar refractivity (Wildman–Crippen MR) is 82.0 cm³/mol. The van der Waals surface area contributed by atoms with Gasteiger partial charge in [-0.05, 0) is 18.8 Å². The van der Waals surface area contributed by atoms with E-state index in [0.29, 0.717) is 6.04 Å². The van der Waals surface area contributed by atoms with Crippen LogP contribution >= 0.6 is 0 Å². The minimum absolute atomic E-state index is 0.0439. The zero-order valence-corrected chi connectivity index (χ0v) is 12.7. The molecule has 118 valence electrons. The second-order valence-corrected chi connectivity index (χ2v) is 5.70. The first-order valence-electron chi connectivity index (χ1n) is 7.89. The topological polar surface area (TPSA) is 79.2 Å². The summed E-state index contributed by atoms with van der Waals surface area (Å²) in [6.07, 6.45) is 9.98. The molecule has 3 N–H and O–H groups in total. The summed E-state index contributed by atoms with van der Waals surface area (Å²) in [6, 6.07) is 0.518. The van der Waals surface area contributed by atoms with Crippen LogP contribution in [0.5, 0.6) is 0 Å². The van der Waals surface area contributed by atoms with Crippen molar-refractivity contribution in [1.29, 1.82) is 0 Å². The molecule has 0 saturated heterocycles. The minimum atomic E-state index is -0.136. The Morgan fingerprint density at radius 1 is 1.48 bits per heavy atom. The van der Waals surface area contributed by atoms with Crippen LogP contribution in [-0.2, 0) is 11.3 Å². The second-order valence-electron chi connectivity index (χ2n) is 5.70. The van der Waals surface area contributed by atoms with Gasteiger partial charge >= 0.3 is 0 Å². The smallest absolute Gasteiger partial charge is 0.241 e. The molecule has 1 amide bonds. The molecule has 2 atom stereocenters. The van der Waals surface area contributed by atoms with E-state index >= 15 is 0 Å². The highest BCUT2D eigenvalue weighted by molar-refractivity contribution is 5.75. The van der Waals surface area contributed by atoms with Crippen LogP contribution in [0, 0.1) is 5.92 Å². The Morgan fingerprint density at radius 3 is 3.05 bits per heavy atom. The zero-order valence-electron chi connectivity index (χ0n) is 12.7. The normalized spacial score (nSPS) is 22.0. The molecule has 2 rings (SSSR count). The minimum Gasteiger partial charge on any atom is -0.395 e. The van der Waals surface area contributed by atoms with Crippen LogP contribution in [0.1, 0.15) is 39.0 Å². The largest absolute Gasteiger partial charge is 0.395 e. The Morgan fingerprint density at radius 2 is 2.29 bits per heavy atom. The van der Waals surface area contributed by atoms with E-state index in [1.807, 2.05) is 6.20 Å². The molecule has 0 aromatic carbocycles. The van der Waals surface area contributed by atoms with E-state index in [9.17, 15) is 4.79 Å². The van der Waals surface area contributed by atoms with Crippen LogP contribution in [0.4, 0.5) is 5.69 Å². The van der Waals surface area contributed by atoms with Crippen molar-refractivity contribution in [3.8, 4) is 0 Å². The van der Waals surface area contributed by atoms with Gasteiger partial charge in [0, 0.05) is 18.8 Å². The number of aliphatic hydroxyl groups is 1. The third-order valence-electron chi connectivity index (χ3n) is 4.16. The summed E-state index contributed by atoms with van der Waals surface area (Å²) in [5.41, 5.74) is 0.982. The number of hydrogen-bond donors (Lipinski definition) is 3. The van der Waals surface area contributed by atoms with Crippen LogP contribution in [0.15, 0.2) is 12.4 Å². The van der Waals surface area contributed by atoms with Crippen LogP contribution in [0.25, 0.3) is 0 Å². The van der Waals surface area contributed by atoms with Crippen molar-refractivity contribution in [2.45, 2.75) is 51.6 Å². The van der Waals surface area contributed by atoms with Crippen molar-refractivity contribution >= 4 is 11.6 Å². The molecule has 2 unspecified atom stereocenters. The number of nitrogens with zero attached hydrogens (tertiary/aromatic N) is 2. The molecule has 1 saturated carbocycles. The van der Waals surface area contributed by atoms with E-state index in [0.717, 1.165) is 11.6 Å². The number of nitrogens with one attached hydrogen (secondary N) is 2. The van der Waals surface area contributed by atoms with Gasteiger partial charge in [-0.15, -0.1) is 0 Å². The zero-order chi connectivity index (χ0) is 15.1. The van der Waals surface area contributed by atoms with Crippen LogP contribution < -0.4 is 10.6 Å². The highest BCUT2D eigenvalue weighted by Gasteiger charge is 2.23. The fourth-order valence-electron chi connectivity index (χ4n) is 3.02. The Kier molecular flexibility index (Phi) is 6.04. The number of amides is 1. The average Bonchev–Trinajstić information content (AvgIpc) is 2.92. The van der Waals surface area contributed by atoms with Gasteiger partial charge in [0.1, 0.15) is 6.54 Å². The third kappa shape index (κ3) is 4.74. The summed E-state index contributed by atoms with van der Waals surface area (Å²) in [4.78, 5) is 11.6. The maximum Gasteiger partial charge on any atom is 0.241 e. The van der Waals surface area contributed by atoms with Crippen molar-refractivity contribution < 1.29 is 9.90 Å². The summed E-state index contributed by atoms with van der Waals surface area (Å²) in [5, 5.41) is 19.1. The van der Waals surface area contributed by atoms with E-state index < -0.39 is 0 Å². The van der Waals surface area contributed by atoms with Crippen LogP contribution in [0.2, 0.25) is 0 Å². The molecular weight excluding hydrogens is 268 g/mol. The van der Waals surface area contributed by atoms with E-state index in [1.54, 1.807) is 10.9 Å².